The molecule has 2 aromatic rings. The van der Waals surface area contributed by atoms with Crippen LogP contribution in [-0.2, 0) is 0 Å². The number of pyridine rings is 1. The summed E-state index contributed by atoms with van der Waals surface area (Å²) in [4.78, 5) is 12.0. The van der Waals surface area contributed by atoms with Gasteiger partial charge in [-0.05, 0) is 25.5 Å². The van der Waals surface area contributed by atoms with Crippen molar-refractivity contribution in [1.29, 1.82) is 0 Å². The van der Waals surface area contributed by atoms with Crippen LogP contribution in [0.25, 0.3) is 5.65 Å². The molecule has 1 amide bonds. The number of aryl methyl sites for hydroxylation is 1. The van der Waals surface area contributed by atoms with Gasteiger partial charge in [0.25, 0.3) is 5.91 Å². The maximum absolute atomic E-state index is 12.0. The summed E-state index contributed by atoms with van der Waals surface area (Å²) in [6, 6.07) is 3.61. The monoisotopic (exact) mass is 246 g/mol. The summed E-state index contributed by atoms with van der Waals surface area (Å²) in [5, 5.41) is 10.9. The van der Waals surface area contributed by atoms with Gasteiger partial charge in [-0.2, -0.15) is 0 Å². The van der Waals surface area contributed by atoms with Crippen LogP contribution in [0.1, 0.15) is 42.4 Å². The number of fused-ring (bicyclic) bond motifs is 1. The number of amides is 1. The number of carbonyl (C=O) groups excluding carboxylic acids is 1. The van der Waals surface area contributed by atoms with Crippen molar-refractivity contribution in [3.63, 3.8) is 0 Å². The van der Waals surface area contributed by atoms with Crippen molar-refractivity contribution in [3.8, 4) is 0 Å². The Morgan fingerprint density at radius 3 is 3.00 bits per heavy atom. The number of hydrogen-bond acceptors (Lipinski definition) is 3. The first kappa shape index (κ1) is 12.5. The summed E-state index contributed by atoms with van der Waals surface area (Å²) >= 11 is 0. The second-order valence-corrected chi connectivity index (χ2v) is 4.33. The third kappa shape index (κ3) is 2.50. The predicted octanol–water partition coefficient (Wildman–Crippen LogP) is 1.96. The SMILES string of the molecule is CCCCCNC(=O)c1cccn2c(C)nnc12. The largest absolute Gasteiger partial charge is 0.352 e. The summed E-state index contributed by atoms with van der Waals surface area (Å²) in [6.45, 7) is 4.71. The van der Waals surface area contributed by atoms with Gasteiger partial charge in [0, 0.05) is 12.7 Å². The molecule has 1 N–H and O–H groups in total. The molecule has 2 heterocycles. The van der Waals surface area contributed by atoms with Gasteiger partial charge in [0.05, 0.1) is 5.56 Å². The molecule has 0 radical (unpaired) electrons. The van der Waals surface area contributed by atoms with Gasteiger partial charge in [-0.25, -0.2) is 0 Å². The van der Waals surface area contributed by atoms with Crippen molar-refractivity contribution in [2.75, 3.05) is 6.54 Å². The van der Waals surface area contributed by atoms with Gasteiger partial charge in [0.2, 0.25) is 0 Å². The van der Waals surface area contributed by atoms with Crippen LogP contribution in [0, 0.1) is 6.92 Å². The molecule has 0 saturated carbocycles. The van der Waals surface area contributed by atoms with Gasteiger partial charge in [0.1, 0.15) is 5.82 Å². The van der Waals surface area contributed by atoms with E-state index in [9.17, 15) is 4.79 Å². The quantitative estimate of drug-likeness (QED) is 0.820. The Balaban J connectivity index is 2.13. The van der Waals surface area contributed by atoms with Crippen molar-refractivity contribution >= 4 is 11.6 Å². The second-order valence-electron chi connectivity index (χ2n) is 4.33. The highest BCUT2D eigenvalue weighted by Gasteiger charge is 2.12. The zero-order valence-electron chi connectivity index (χ0n) is 10.8. The Bertz CT molecular complexity index is 547. The summed E-state index contributed by atoms with van der Waals surface area (Å²) in [5.74, 6) is 0.703. The lowest BCUT2D eigenvalue weighted by atomic mass is 10.2. The Hall–Kier alpha value is -1.91. The first-order valence-corrected chi connectivity index (χ1v) is 6.32. The maximum Gasteiger partial charge on any atom is 0.255 e. The minimum atomic E-state index is -0.0795. The molecule has 0 spiro atoms. The number of unbranched alkanes of at least 4 members (excludes halogenated alkanes) is 2. The molecular formula is C13H18N4O. The molecule has 0 aliphatic carbocycles. The minimum absolute atomic E-state index is 0.0795. The van der Waals surface area contributed by atoms with Crippen LogP contribution in [-0.4, -0.2) is 27.0 Å². The highest BCUT2D eigenvalue weighted by molar-refractivity contribution is 5.99. The van der Waals surface area contributed by atoms with E-state index in [0.717, 1.165) is 25.1 Å². The fraction of sp³-hybridized carbons (Fsp3) is 0.462. The standard InChI is InChI=1S/C13H18N4O/c1-3-4-5-8-14-13(18)11-7-6-9-17-10(2)15-16-12(11)17/h6-7,9H,3-5,8H2,1-2H3,(H,14,18). The van der Waals surface area contributed by atoms with Gasteiger partial charge in [-0.15, -0.1) is 10.2 Å². The van der Waals surface area contributed by atoms with Crippen LogP contribution in [0.15, 0.2) is 18.3 Å². The summed E-state index contributed by atoms with van der Waals surface area (Å²) in [7, 11) is 0. The van der Waals surface area contributed by atoms with Gasteiger partial charge in [-0.1, -0.05) is 19.8 Å². The van der Waals surface area contributed by atoms with Crippen LogP contribution < -0.4 is 5.32 Å². The molecule has 5 heteroatoms. The van der Waals surface area contributed by atoms with Crippen molar-refractivity contribution in [1.82, 2.24) is 19.9 Å². The molecule has 0 fully saturated rings. The topological polar surface area (TPSA) is 59.3 Å². The van der Waals surface area contributed by atoms with E-state index in [2.05, 4.69) is 22.4 Å². The van der Waals surface area contributed by atoms with Crippen LogP contribution in [0.4, 0.5) is 0 Å². The molecule has 0 aliphatic heterocycles. The van der Waals surface area contributed by atoms with Crippen molar-refractivity contribution in [3.05, 3.63) is 29.7 Å². The summed E-state index contributed by atoms with van der Waals surface area (Å²) in [6.07, 6.45) is 5.15. The van der Waals surface area contributed by atoms with E-state index in [-0.39, 0.29) is 5.91 Å². The smallest absolute Gasteiger partial charge is 0.255 e. The van der Waals surface area contributed by atoms with E-state index in [1.165, 1.54) is 0 Å². The van der Waals surface area contributed by atoms with Crippen LogP contribution >= 0.6 is 0 Å². The van der Waals surface area contributed by atoms with E-state index in [1.807, 2.05) is 23.6 Å². The van der Waals surface area contributed by atoms with E-state index in [0.29, 0.717) is 17.8 Å². The van der Waals surface area contributed by atoms with E-state index >= 15 is 0 Å². The van der Waals surface area contributed by atoms with Crippen molar-refractivity contribution in [2.45, 2.75) is 33.1 Å². The molecule has 5 nitrogen and oxygen atoms in total. The zero-order valence-corrected chi connectivity index (χ0v) is 10.8. The fourth-order valence-electron chi connectivity index (χ4n) is 1.88. The average Bonchev–Trinajstić information content (AvgIpc) is 2.76. The third-order valence-electron chi connectivity index (χ3n) is 2.92. The zero-order chi connectivity index (χ0) is 13.0. The Kier molecular flexibility index (Phi) is 3.92. The van der Waals surface area contributed by atoms with Crippen LogP contribution in [0.3, 0.4) is 0 Å². The van der Waals surface area contributed by atoms with Gasteiger partial charge < -0.3 is 5.32 Å². The Morgan fingerprint density at radius 1 is 1.39 bits per heavy atom. The first-order valence-electron chi connectivity index (χ1n) is 6.32. The van der Waals surface area contributed by atoms with E-state index < -0.39 is 0 Å². The maximum atomic E-state index is 12.0. The summed E-state index contributed by atoms with van der Waals surface area (Å²) in [5.41, 5.74) is 1.19. The normalized spacial score (nSPS) is 10.8. The number of hydrogen-bond donors (Lipinski definition) is 1. The second kappa shape index (κ2) is 5.62. The summed E-state index contributed by atoms with van der Waals surface area (Å²) < 4.78 is 1.82. The minimum Gasteiger partial charge on any atom is -0.352 e. The van der Waals surface area contributed by atoms with Gasteiger partial charge in [0.15, 0.2) is 5.65 Å². The van der Waals surface area contributed by atoms with E-state index in [1.54, 1.807) is 6.07 Å². The lowest BCUT2D eigenvalue weighted by Gasteiger charge is -2.05. The molecule has 96 valence electrons. The Morgan fingerprint density at radius 2 is 2.22 bits per heavy atom. The molecule has 2 rings (SSSR count). The van der Waals surface area contributed by atoms with Crippen LogP contribution in [0.5, 0.6) is 0 Å². The molecule has 0 atom stereocenters. The average molecular weight is 246 g/mol. The number of aromatic nitrogens is 3. The van der Waals surface area contributed by atoms with E-state index in [4.69, 9.17) is 0 Å². The molecule has 0 aliphatic rings. The number of rotatable bonds is 5. The number of nitrogens with zero attached hydrogens (tertiary/aromatic N) is 3. The molecule has 0 saturated heterocycles. The molecular weight excluding hydrogens is 228 g/mol. The van der Waals surface area contributed by atoms with Crippen LogP contribution in [0.2, 0.25) is 0 Å². The van der Waals surface area contributed by atoms with Crippen molar-refractivity contribution in [2.24, 2.45) is 0 Å². The van der Waals surface area contributed by atoms with Crippen molar-refractivity contribution < 1.29 is 4.79 Å². The molecule has 0 aromatic carbocycles. The highest BCUT2D eigenvalue weighted by Crippen LogP contribution is 2.09. The lowest BCUT2D eigenvalue weighted by molar-refractivity contribution is 0.0954. The lowest BCUT2D eigenvalue weighted by Crippen LogP contribution is -2.25. The molecule has 18 heavy (non-hydrogen) atoms. The molecule has 0 unspecified atom stereocenters. The van der Waals surface area contributed by atoms with Gasteiger partial charge >= 0.3 is 0 Å². The van der Waals surface area contributed by atoms with Gasteiger partial charge in [-0.3, -0.25) is 9.20 Å². The first-order chi connectivity index (χ1) is 8.74. The fourth-order valence-corrected chi connectivity index (χ4v) is 1.88. The third-order valence-corrected chi connectivity index (χ3v) is 2.92. The molecule has 0 bridgehead atoms. The Labute approximate surface area is 106 Å². The molecule has 2 aromatic heterocycles. The number of nitrogens with one attached hydrogen (secondary N) is 1. The highest BCUT2D eigenvalue weighted by atomic mass is 16.1. The predicted molar refractivity (Wildman–Crippen MR) is 69.6 cm³/mol. The number of carbonyl (C=O) groups is 1.